The third-order valence-corrected chi connectivity index (χ3v) is 5.84. The van der Waals surface area contributed by atoms with Gasteiger partial charge in [0.25, 0.3) is 0 Å². The first-order valence-electron chi connectivity index (χ1n) is 13.8. The first kappa shape index (κ1) is 30.0. The van der Waals surface area contributed by atoms with E-state index < -0.39 is 6.16 Å². The maximum absolute atomic E-state index is 11.4. The molecule has 0 unspecified atom stereocenters. The highest BCUT2D eigenvalue weighted by Crippen LogP contribution is 2.12. The van der Waals surface area contributed by atoms with Crippen LogP contribution in [0.1, 0.15) is 149 Å². The molecule has 0 radical (unpaired) electrons. The fourth-order valence-corrected chi connectivity index (χ4v) is 3.76. The van der Waals surface area contributed by atoms with Crippen LogP contribution >= 0.6 is 0 Å². The van der Waals surface area contributed by atoms with Crippen LogP contribution in [0.15, 0.2) is 12.2 Å². The van der Waals surface area contributed by atoms with E-state index in [0.29, 0.717) is 13.2 Å². The lowest BCUT2D eigenvalue weighted by atomic mass is 10.1. The van der Waals surface area contributed by atoms with Crippen LogP contribution in [0.5, 0.6) is 0 Å². The van der Waals surface area contributed by atoms with Gasteiger partial charge in [-0.05, 0) is 38.5 Å². The average Bonchev–Trinajstić information content (AvgIpc) is 2.77. The molecule has 0 rings (SSSR count). The zero-order valence-electron chi connectivity index (χ0n) is 21.1. The molecule has 0 amide bonds. The van der Waals surface area contributed by atoms with E-state index in [0.717, 1.165) is 32.1 Å². The first-order valence-corrected chi connectivity index (χ1v) is 13.8. The summed E-state index contributed by atoms with van der Waals surface area (Å²) in [4.78, 5) is 11.4. The molecule has 0 aliphatic heterocycles. The summed E-state index contributed by atoms with van der Waals surface area (Å²) in [7, 11) is 0. The molecular formula is C28H54O3. The van der Waals surface area contributed by atoms with E-state index in [1.165, 1.54) is 103 Å². The van der Waals surface area contributed by atoms with Gasteiger partial charge in [-0.2, -0.15) is 0 Å². The van der Waals surface area contributed by atoms with Crippen LogP contribution < -0.4 is 0 Å². The molecule has 3 heteroatoms. The Hall–Kier alpha value is -0.990. The lowest BCUT2D eigenvalue weighted by Crippen LogP contribution is -2.09. The SMILES string of the molecule is CCCCCCCC/C=C\CCCCCCCCCCCCOC(=O)OCCCCC. The smallest absolute Gasteiger partial charge is 0.434 e. The van der Waals surface area contributed by atoms with Gasteiger partial charge in [0.05, 0.1) is 13.2 Å². The summed E-state index contributed by atoms with van der Waals surface area (Å²) >= 11 is 0. The van der Waals surface area contributed by atoms with Gasteiger partial charge in [0, 0.05) is 0 Å². The summed E-state index contributed by atoms with van der Waals surface area (Å²) in [6.07, 6.45) is 31.3. The molecule has 0 bridgehead atoms. The van der Waals surface area contributed by atoms with Gasteiger partial charge in [0.2, 0.25) is 0 Å². The van der Waals surface area contributed by atoms with Crippen molar-refractivity contribution in [1.82, 2.24) is 0 Å². The van der Waals surface area contributed by atoms with Gasteiger partial charge in [-0.15, -0.1) is 0 Å². The number of unbranched alkanes of at least 4 members (excludes halogenated alkanes) is 18. The van der Waals surface area contributed by atoms with Crippen LogP contribution in [0.4, 0.5) is 4.79 Å². The molecule has 0 N–H and O–H groups in total. The molecule has 184 valence electrons. The fourth-order valence-electron chi connectivity index (χ4n) is 3.76. The van der Waals surface area contributed by atoms with E-state index in [4.69, 9.17) is 9.47 Å². The van der Waals surface area contributed by atoms with E-state index in [1.54, 1.807) is 0 Å². The maximum atomic E-state index is 11.4. The van der Waals surface area contributed by atoms with Crippen molar-refractivity contribution in [1.29, 1.82) is 0 Å². The van der Waals surface area contributed by atoms with Crippen molar-refractivity contribution in [3.63, 3.8) is 0 Å². The summed E-state index contributed by atoms with van der Waals surface area (Å²) < 4.78 is 10.1. The second-order valence-corrected chi connectivity index (χ2v) is 9.01. The lowest BCUT2D eigenvalue weighted by Gasteiger charge is -2.06. The van der Waals surface area contributed by atoms with Crippen molar-refractivity contribution < 1.29 is 14.3 Å². The van der Waals surface area contributed by atoms with Crippen molar-refractivity contribution in [3.8, 4) is 0 Å². The summed E-state index contributed by atoms with van der Waals surface area (Å²) in [6, 6.07) is 0. The second-order valence-electron chi connectivity index (χ2n) is 9.01. The molecule has 3 nitrogen and oxygen atoms in total. The second kappa shape index (κ2) is 27.0. The zero-order valence-corrected chi connectivity index (χ0v) is 21.1. The zero-order chi connectivity index (χ0) is 22.7. The Morgan fingerprint density at radius 3 is 1.26 bits per heavy atom. The van der Waals surface area contributed by atoms with Gasteiger partial charge >= 0.3 is 6.16 Å². The van der Waals surface area contributed by atoms with Crippen molar-refractivity contribution in [2.45, 2.75) is 149 Å². The van der Waals surface area contributed by atoms with Crippen molar-refractivity contribution >= 4 is 6.16 Å². The van der Waals surface area contributed by atoms with Gasteiger partial charge in [0.15, 0.2) is 0 Å². The highest BCUT2D eigenvalue weighted by Gasteiger charge is 2.02. The predicted molar refractivity (Wildman–Crippen MR) is 135 cm³/mol. The van der Waals surface area contributed by atoms with Gasteiger partial charge in [-0.3, -0.25) is 0 Å². The molecular weight excluding hydrogens is 384 g/mol. The number of hydrogen-bond donors (Lipinski definition) is 0. The fraction of sp³-hybridized carbons (Fsp3) is 0.893. The number of ether oxygens (including phenoxy) is 2. The third kappa shape index (κ3) is 27.0. The molecule has 0 aromatic rings. The minimum absolute atomic E-state index is 0.489. The summed E-state index contributed by atoms with van der Waals surface area (Å²) in [5.74, 6) is 0. The molecule has 0 saturated carbocycles. The number of allylic oxidation sites excluding steroid dienone is 2. The third-order valence-electron chi connectivity index (χ3n) is 5.84. The largest absolute Gasteiger partial charge is 0.508 e. The van der Waals surface area contributed by atoms with Crippen LogP contribution in [-0.2, 0) is 9.47 Å². The predicted octanol–water partition coefficient (Wildman–Crippen LogP) is 9.93. The molecule has 0 atom stereocenters. The molecule has 0 aliphatic rings. The molecule has 0 spiro atoms. The first-order chi connectivity index (χ1) is 15.3. The quantitative estimate of drug-likeness (QED) is 0.0854. The van der Waals surface area contributed by atoms with Crippen LogP contribution in [-0.4, -0.2) is 19.4 Å². The number of carbonyl (C=O) groups is 1. The van der Waals surface area contributed by atoms with Gasteiger partial charge in [-0.1, -0.05) is 122 Å². The number of hydrogen-bond acceptors (Lipinski definition) is 3. The Bertz CT molecular complexity index is 378. The van der Waals surface area contributed by atoms with Crippen LogP contribution in [0.3, 0.4) is 0 Å². The molecule has 0 heterocycles. The van der Waals surface area contributed by atoms with Crippen molar-refractivity contribution in [2.75, 3.05) is 13.2 Å². The monoisotopic (exact) mass is 438 g/mol. The maximum Gasteiger partial charge on any atom is 0.508 e. The van der Waals surface area contributed by atoms with Gasteiger partial charge in [0.1, 0.15) is 0 Å². The van der Waals surface area contributed by atoms with Crippen molar-refractivity contribution in [3.05, 3.63) is 12.2 Å². The molecule has 0 aromatic carbocycles. The Balaban J connectivity index is 3.13. The Labute approximate surface area is 194 Å². The van der Waals surface area contributed by atoms with E-state index in [2.05, 4.69) is 26.0 Å². The Kier molecular flexibility index (Phi) is 26.2. The van der Waals surface area contributed by atoms with Crippen molar-refractivity contribution in [2.24, 2.45) is 0 Å². The van der Waals surface area contributed by atoms with E-state index in [9.17, 15) is 4.79 Å². The van der Waals surface area contributed by atoms with Gasteiger partial charge < -0.3 is 9.47 Å². The standard InChI is InChI=1S/C28H54O3/c1-3-5-7-8-9-10-11-12-13-14-15-16-17-18-19-20-21-22-23-25-27-31-28(29)30-26-24-6-4-2/h12-13H,3-11,14-27H2,1-2H3/b13-12-. The minimum Gasteiger partial charge on any atom is -0.434 e. The van der Waals surface area contributed by atoms with Crippen LogP contribution in [0.2, 0.25) is 0 Å². The minimum atomic E-state index is -0.496. The number of rotatable bonds is 24. The summed E-state index contributed by atoms with van der Waals surface area (Å²) in [5, 5.41) is 0. The van der Waals surface area contributed by atoms with Gasteiger partial charge in [-0.25, -0.2) is 4.79 Å². The topological polar surface area (TPSA) is 35.5 Å². The Morgan fingerprint density at radius 1 is 0.484 bits per heavy atom. The van der Waals surface area contributed by atoms with E-state index >= 15 is 0 Å². The molecule has 0 fully saturated rings. The average molecular weight is 439 g/mol. The van der Waals surface area contributed by atoms with Crippen LogP contribution in [0.25, 0.3) is 0 Å². The normalized spacial score (nSPS) is 11.3. The Morgan fingerprint density at radius 2 is 0.806 bits per heavy atom. The van der Waals surface area contributed by atoms with Crippen LogP contribution in [0, 0.1) is 0 Å². The molecule has 31 heavy (non-hydrogen) atoms. The summed E-state index contributed by atoms with van der Waals surface area (Å²) in [5.41, 5.74) is 0. The summed E-state index contributed by atoms with van der Waals surface area (Å²) in [6.45, 7) is 5.40. The molecule has 0 saturated heterocycles. The molecule has 0 aromatic heterocycles. The van der Waals surface area contributed by atoms with E-state index in [1.807, 2.05) is 0 Å². The lowest BCUT2D eigenvalue weighted by molar-refractivity contribution is 0.0529. The van der Waals surface area contributed by atoms with E-state index in [-0.39, 0.29) is 0 Å². The number of carbonyl (C=O) groups excluding carboxylic acids is 1. The molecule has 0 aliphatic carbocycles. The highest BCUT2D eigenvalue weighted by atomic mass is 16.7. The highest BCUT2D eigenvalue weighted by molar-refractivity contribution is 5.59.